The van der Waals surface area contributed by atoms with E-state index in [9.17, 15) is 4.79 Å². The second-order valence-electron chi connectivity index (χ2n) is 7.78. The predicted molar refractivity (Wildman–Crippen MR) is 122 cm³/mol. The SMILES string of the molecule is CCn1cc(-c2cc(C(=O)N(C)Cc3c(C)nn(CC)c3C)c3ccccc3n2)cn1. The standard InChI is InChI=1S/C24H28N6O/c1-6-29-14-18(13-25-29)23-12-20(19-10-8-9-11-22(19)26-23)24(31)28(5)15-21-16(3)27-30(7-2)17(21)4/h8-14H,6-7,15H2,1-5H3. The fraction of sp³-hybridized carbons (Fsp3) is 0.333. The van der Waals surface area contributed by atoms with Gasteiger partial charge in [-0.2, -0.15) is 10.2 Å². The highest BCUT2D eigenvalue weighted by Crippen LogP contribution is 2.26. The molecule has 160 valence electrons. The molecule has 0 spiro atoms. The number of pyridine rings is 1. The molecule has 0 N–H and O–H groups in total. The molecule has 1 aromatic carbocycles. The average Bonchev–Trinajstić information content (AvgIpc) is 3.37. The van der Waals surface area contributed by atoms with E-state index in [-0.39, 0.29) is 5.91 Å². The molecule has 0 saturated carbocycles. The molecular formula is C24H28N6O. The first-order chi connectivity index (χ1) is 14.9. The van der Waals surface area contributed by atoms with Gasteiger partial charge in [-0.15, -0.1) is 0 Å². The Bertz CT molecular complexity index is 1250. The molecular weight excluding hydrogens is 388 g/mol. The van der Waals surface area contributed by atoms with E-state index in [2.05, 4.69) is 24.0 Å². The van der Waals surface area contributed by atoms with Gasteiger partial charge >= 0.3 is 0 Å². The number of benzene rings is 1. The summed E-state index contributed by atoms with van der Waals surface area (Å²) >= 11 is 0. The zero-order valence-electron chi connectivity index (χ0n) is 18.8. The van der Waals surface area contributed by atoms with Crippen molar-refractivity contribution in [1.82, 2.24) is 29.4 Å². The molecule has 0 bridgehead atoms. The van der Waals surface area contributed by atoms with Gasteiger partial charge in [-0.25, -0.2) is 4.98 Å². The van der Waals surface area contributed by atoms with Crippen molar-refractivity contribution in [3.05, 3.63) is 65.2 Å². The smallest absolute Gasteiger partial charge is 0.254 e. The number of carbonyl (C=O) groups excluding carboxylic acids is 1. The maximum absolute atomic E-state index is 13.6. The van der Waals surface area contributed by atoms with Crippen molar-refractivity contribution < 1.29 is 4.79 Å². The first kappa shape index (κ1) is 20.8. The van der Waals surface area contributed by atoms with Crippen LogP contribution in [-0.2, 0) is 19.6 Å². The predicted octanol–water partition coefficient (Wildman–Crippen LogP) is 4.22. The highest BCUT2D eigenvalue weighted by Gasteiger charge is 2.20. The fourth-order valence-corrected chi connectivity index (χ4v) is 3.95. The molecule has 0 aliphatic rings. The largest absolute Gasteiger partial charge is 0.337 e. The Morgan fingerprint density at radius 2 is 1.90 bits per heavy atom. The lowest BCUT2D eigenvalue weighted by Crippen LogP contribution is -2.27. The lowest BCUT2D eigenvalue weighted by molar-refractivity contribution is 0.0786. The highest BCUT2D eigenvalue weighted by molar-refractivity contribution is 6.07. The molecule has 0 aliphatic heterocycles. The number of nitrogens with zero attached hydrogens (tertiary/aromatic N) is 6. The molecule has 0 fully saturated rings. The number of hydrogen-bond acceptors (Lipinski definition) is 4. The van der Waals surface area contributed by atoms with Crippen molar-refractivity contribution >= 4 is 16.8 Å². The van der Waals surface area contributed by atoms with Gasteiger partial charge in [0.25, 0.3) is 5.91 Å². The van der Waals surface area contributed by atoms with E-state index in [1.807, 2.05) is 66.8 Å². The van der Waals surface area contributed by atoms with Crippen LogP contribution in [0.1, 0.15) is 41.2 Å². The lowest BCUT2D eigenvalue weighted by Gasteiger charge is -2.19. The second-order valence-corrected chi connectivity index (χ2v) is 7.78. The van der Waals surface area contributed by atoms with E-state index >= 15 is 0 Å². The molecule has 0 unspecified atom stereocenters. The lowest BCUT2D eigenvalue weighted by atomic mass is 10.0. The van der Waals surface area contributed by atoms with Gasteiger partial charge in [-0.3, -0.25) is 14.2 Å². The second kappa shape index (κ2) is 8.34. The van der Waals surface area contributed by atoms with Crippen molar-refractivity contribution in [3.63, 3.8) is 0 Å². The van der Waals surface area contributed by atoms with Crippen LogP contribution in [0.4, 0.5) is 0 Å². The van der Waals surface area contributed by atoms with Crippen LogP contribution in [-0.4, -0.2) is 42.4 Å². The average molecular weight is 417 g/mol. The summed E-state index contributed by atoms with van der Waals surface area (Å²) in [4.78, 5) is 20.1. The quantitative estimate of drug-likeness (QED) is 0.472. The molecule has 0 radical (unpaired) electrons. The summed E-state index contributed by atoms with van der Waals surface area (Å²) in [5.74, 6) is -0.0363. The van der Waals surface area contributed by atoms with E-state index in [0.29, 0.717) is 12.1 Å². The summed E-state index contributed by atoms with van der Waals surface area (Å²) < 4.78 is 3.84. The van der Waals surface area contributed by atoms with E-state index in [1.54, 1.807) is 11.1 Å². The monoisotopic (exact) mass is 416 g/mol. The summed E-state index contributed by atoms with van der Waals surface area (Å²) in [5, 5.41) is 9.80. The van der Waals surface area contributed by atoms with Crippen molar-refractivity contribution in [2.75, 3.05) is 7.05 Å². The number of fused-ring (bicyclic) bond motifs is 1. The van der Waals surface area contributed by atoms with Gasteiger partial charge in [0.1, 0.15) is 0 Å². The van der Waals surface area contributed by atoms with E-state index in [4.69, 9.17) is 4.98 Å². The summed E-state index contributed by atoms with van der Waals surface area (Å²) in [6, 6.07) is 9.66. The van der Waals surface area contributed by atoms with Crippen molar-refractivity contribution in [3.8, 4) is 11.3 Å². The van der Waals surface area contributed by atoms with E-state index in [0.717, 1.165) is 52.2 Å². The molecule has 7 nitrogen and oxygen atoms in total. The Balaban J connectivity index is 1.74. The number of para-hydroxylation sites is 1. The topological polar surface area (TPSA) is 68.8 Å². The van der Waals surface area contributed by atoms with E-state index < -0.39 is 0 Å². The third-order valence-electron chi connectivity index (χ3n) is 5.77. The minimum absolute atomic E-state index is 0.0363. The Hall–Kier alpha value is -3.48. The zero-order chi connectivity index (χ0) is 22.1. The minimum Gasteiger partial charge on any atom is -0.337 e. The first-order valence-electron chi connectivity index (χ1n) is 10.6. The summed E-state index contributed by atoms with van der Waals surface area (Å²) in [5.41, 5.74) is 6.26. The van der Waals surface area contributed by atoms with Crippen LogP contribution in [0.3, 0.4) is 0 Å². The number of aromatic nitrogens is 5. The molecule has 1 amide bonds. The molecule has 4 rings (SSSR count). The van der Waals surface area contributed by atoms with Gasteiger partial charge in [-0.1, -0.05) is 18.2 Å². The van der Waals surface area contributed by atoms with Crippen molar-refractivity contribution in [2.24, 2.45) is 0 Å². The molecule has 31 heavy (non-hydrogen) atoms. The minimum atomic E-state index is -0.0363. The summed E-state index contributed by atoms with van der Waals surface area (Å²) in [6.45, 7) is 10.3. The number of aryl methyl sites for hydroxylation is 3. The molecule has 4 aromatic rings. The Morgan fingerprint density at radius 1 is 1.13 bits per heavy atom. The van der Waals surface area contributed by atoms with Crippen LogP contribution in [0.5, 0.6) is 0 Å². The van der Waals surface area contributed by atoms with Gasteiger partial charge in [0.15, 0.2) is 0 Å². The zero-order valence-corrected chi connectivity index (χ0v) is 18.8. The van der Waals surface area contributed by atoms with Crippen LogP contribution >= 0.6 is 0 Å². The summed E-state index contributed by atoms with van der Waals surface area (Å²) in [7, 11) is 1.84. The number of hydrogen-bond donors (Lipinski definition) is 0. The Kier molecular flexibility index (Phi) is 5.59. The van der Waals surface area contributed by atoms with Gasteiger partial charge in [0.2, 0.25) is 0 Å². The Morgan fingerprint density at radius 3 is 2.58 bits per heavy atom. The molecule has 0 aliphatic carbocycles. The van der Waals surface area contributed by atoms with Crippen LogP contribution in [0.25, 0.3) is 22.2 Å². The van der Waals surface area contributed by atoms with Gasteiger partial charge < -0.3 is 4.90 Å². The first-order valence-corrected chi connectivity index (χ1v) is 10.6. The molecule has 0 saturated heterocycles. The van der Waals surface area contributed by atoms with Crippen molar-refractivity contribution in [2.45, 2.75) is 47.3 Å². The van der Waals surface area contributed by atoms with Gasteiger partial charge in [0, 0.05) is 55.1 Å². The normalized spacial score (nSPS) is 11.3. The van der Waals surface area contributed by atoms with Gasteiger partial charge in [-0.05, 0) is 39.8 Å². The third kappa shape index (κ3) is 3.83. The third-order valence-corrected chi connectivity index (χ3v) is 5.77. The van der Waals surface area contributed by atoms with Crippen LogP contribution in [0.15, 0.2) is 42.7 Å². The number of rotatable bonds is 6. The maximum Gasteiger partial charge on any atom is 0.254 e. The maximum atomic E-state index is 13.6. The van der Waals surface area contributed by atoms with Crippen LogP contribution in [0, 0.1) is 13.8 Å². The van der Waals surface area contributed by atoms with Gasteiger partial charge in [0.05, 0.1) is 28.7 Å². The van der Waals surface area contributed by atoms with Crippen LogP contribution in [0.2, 0.25) is 0 Å². The highest BCUT2D eigenvalue weighted by atomic mass is 16.2. The van der Waals surface area contributed by atoms with Crippen molar-refractivity contribution in [1.29, 1.82) is 0 Å². The number of amides is 1. The molecule has 0 atom stereocenters. The molecule has 7 heteroatoms. The Labute approximate surface area is 182 Å². The molecule has 3 heterocycles. The van der Waals surface area contributed by atoms with Crippen LogP contribution < -0.4 is 0 Å². The summed E-state index contributed by atoms with van der Waals surface area (Å²) in [6.07, 6.45) is 3.76. The van der Waals surface area contributed by atoms with E-state index in [1.165, 1.54) is 0 Å². The fourth-order valence-electron chi connectivity index (χ4n) is 3.95. The number of carbonyl (C=O) groups is 1. The molecule has 3 aromatic heterocycles.